The van der Waals surface area contributed by atoms with Crippen LogP contribution in [-0.2, 0) is 0 Å². The maximum Gasteiger partial charge on any atom is 0.0786 e. The zero-order valence-electron chi connectivity index (χ0n) is 33.1. The van der Waals surface area contributed by atoms with Gasteiger partial charge in [-0.15, -0.1) is 0 Å². The summed E-state index contributed by atoms with van der Waals surface area (Å²) in [5.74, 6) is 0. The van der Waals surface area contributed by atoms with Gasteiger partial charge in [-0.2, -0.15) is 0 Å². The second-order valence-corrected chi connectivity index (χ2v) is 15.5. The smallest absolute Gasteiger partial charge is 0.0786 e. The van der Waals surface area contributed by atoms with E-state index < -0.39 is 0 Å². The van der Waals surface area contributed by atoms with Crippen molar-refractivity contribution in [3.8, 4) is 0 Å². The molecule has 0 aromatic heterocycles. The molecule has 0 aromatic carbocycles. The van der Waals surface area contributed by atoms with Crippen LogP contribution >= 0.6 is 0 Å². The van der Waals surface area contributed by atoms with Gasteiger partial charge in [-0.25, -0.2) is 0 Å². The Hall–Kier alpha value is 0.250. The summed E-state index contributed by atoms with van der Waals surface area (Å²) in [6, 6.07) is 0. The second-order valence-electron chi connectivity index (χ2n) is 15.5. The van der Waals surface area contributed by atoms with Gasteiger partial charge in [0.05, 0.1) is 26.2 Å². The average molecular weight is 671 g/mol. The summed E-state index contributed by atoms with van der Waals surface area (Å²) in [6.45, 7) is 15.2. The highest BCUT2D eigenvalue weighted by atomic mass is 35.5. The first-order valence-electron chi connectivity index (χ1n) is 22.1. The maximum atomic E-state index is 2.52. The largest absolute Gasteiger partial charge is 1.00 e. The standard InChI is InChI=1S/C44H92N.ClH/c1-5-9-12-15-18-21-24-27-30-33-36-39-42-45(8-4,43-40-37-34-31-28-25-22-19-16-13-10-6-2)44-41-38-35-32-29-26-23-20-17-14-11-7-3;/h5-44H2,1-4H3;1H/q+1;/p-1. The van der Waals surface area contributed by atoms with Crippen LogP contribution in [0.4, 0.5) is 0 Å². The van der Waals surface area contributed by atoms with Gasteiger partial charge >= 0.3 is 0 Å². The predicted octanol–water partition coefficient (Wildman–Crippen LogP) is 12.9. The molecule has 0 atom stereocenters. The third-order valence-electron chi connectivity index (χ3n) is 11.1. The highest BCUT2D eigenvalue weighted by Crippen LogP contribution is 2.20. The van der Waals surface area contributed by atoms with Crippen molar-refractivity contribution in [1.29, 1.82) is 0 Å². The van der Waals surface area contributed by atoms with E-state index in [2.05, 4.69) is 27.7 Å². The van der Waals surface area contributed by atoms with E-state index in [0.717, 1.165) is 0 Å². The Bertz CT molecular complexity index is 451. The molecule has 0 spiro atoms. The Morgan fingerprint density at radius 2 is 0.370 bits per heavy atom. The number of quaternary nitrogens is 1. The molecule has 0 aliphatic carbocycles. The number of nitrogens with zero attached hydrogens (tertiary/aromatic N) is 1. The molecular formula is C44H92ClN. The molecule has 0 N–H and O–H groups in total. The van der Waals surface area contributed by atoms with Crippen LogP contribution in [0.2, 0.25) is 0 Å². The van der Waals surface area contributed by atoms with Crippen LogP contribution in [0.25, 0.3) is 0 Å². The molecule has 280 valence electrons. The first-order chi connectivity index (χ1) is 22.2. The van der Waals surface area contributed by atoms with Crippen molar-refractivity contribution in [3.63, 3.8) is 0 Å². The van der Waals surface area contributed by atoms with E-state index in [1.807, 2.05) is 0 Å². The summed E-state index contributed by atoms with van der Waals surface area (Å²) < 4.78 is 1.44. The summed E-state index contributed by atoms with van der Waals surface area (Å²) in [5, 5.41) is 0. The van der Waals surface area contributed by atoms with Gasteiger partial charge in [0, 0.05) is 0 Å². The van der Waals surface area contributed by atoms with Gasteiger partial charge in [0.15, 0.2) is 0 Å². The molecule has 46 heavy (non-hydrogen) atoms. The molecule has 0 amide bonds. The van der Waals surface area contributed by atoms with E-state index in [9.17, 15) is 0 Å². The van der Waals surface area contributed by atoms with Crippen molar-refractivity contribution in [3.05, 3.63) is 0 Å². The minimum Gasteiger partial charge on any atom is -1.00 e. The first kappa shape index (κ1) is 48.4. The molecule has 0 heterocycles. The molecule has 0 aliphatic heterocycles. The molecule has 1 nitrogen and oxygen atoms in total. The van der Waals surface area contributed by atoms with Crippen LogP contribution < -0.4 is 12.4 Å². The van der Waals surface area contributed by atoms with Crippen molar-refractivity contribution in [2.24, 2.45) is 0 Å². The zero-order valence-corrected chi connectivity index (χ0v) is 33.9. The van der Waals surface area contributed by atoms with E-state index >= 15 is 0 Å². The Morgan fingerprint density at radius 1 is 0.217 bits per heavy atom. The number of halogens is 1. The minimum absolute atomic E-state index is 0. The fourth-order valence-electron chi connectivity index (χ4n) is 7.67. The summed E-state index contributed by atoms with van der Waals surface area (Å²) >= 11 is 0. The molecule has 0 aromatic rings. The molecule has 0 unspecified atom stereocenters. The summed E-state index contributed by atoms with van der Waals surface area (Å²) in [6.07, 6.45) is 52.8. The molecule has 0 rings (SSSR count). The van der Waals surface area contributed by atoms with Gasteiger partial charge in [-0.3, -0.25) is 0 Å². The number of hydrogen-bond acceptors (Lipinski definition) is 0. The SMILES string of the molecule is CCCCCCCCCCCCCC[N+](CC)(CCCCCCCCCCCCCC)CCCCCCCCCCCCCC.[Cl-]. The lowest BCUT2D eigenvalue weighted by atomic mass is 10.0. The number of hydrogen-bond donors (Lipinski definition) is 0. The lowest BCUT2D eigenvalue weighted by molar-refractivity contribution is -0.927. The van der Waals surface area contributed by atoms with E-state index in [-0.39, 0.29) is 12.4 Å². The van der Waals surface area contributed by atoms with Gasteiger partial charge < -0.3 is 16.9 Å². The molecule has 0 saturated carbocycles. The van der Waals surface area contributed by atoms with E-state index in [1.165, 1.54) is 262 Å². The van der Waals surface area contributed by atoms with Gasteiger partial charge in [0.2, 0.25) is 0 Å². The van der Waals surface area contributed by atoms with Crippen LogP contribution in [-0.4, -0.2) is 30.7 Å². The molecular weight excluding hydrogens is 578 g/mol. The fraction of sp³-hybridized carbons (Fsp3) is 1.00. The third kappa shape index (κ3) is 35.6. The lowest BCUT2D eigenvalue weighted by Crippen LogP contribution is -3.00. The molecule has 0 aliphatic rings. The van der Waals surface area contributed by atoms with Crippen LogP contribution in [0.15, 0.2) is 0 Å². The normalized spacial score (nSPS) is 11.7. The minimum atomic E-state index is 0. The Balaban J connectivity index is 0. The molecule has 0 fully saturated rings. The summed E-state index contributed by atoms with van der Waals surface area (Å²) in [7, 11) is 0. The fourth-order valence-corrected chi connectivity index (χ4v) is 7.67. The first-order valence-corrected chi connectivity index (χ1v) is 22.1. The molecule has 2 heteroatoms. The van der Waals surface area contributed by atoms with Crippen molar-refractivity contribution >= 4 is 0 Å². The number of unbranched alkanes of at least 4 members (excludes halogenated alkanes) is 33. The summed E-state index contributed by atoms with van der Waals surface area (Å²) in [5.41, 5.74) is 0. The Labute approximate surface area is 301 Å². The van der Waals surface area contributed by atoms with Crippen molar-refractivity contribution in [2.45, 2.75) is 259 Å². The molecule has 0 saturated heterocycles. The molecule has 0 radical (unpaired) electrons. The average Bonchev–Trinajstić information content (AvgIpc) is 3.05. The quantitative estimate of drug-likeness (QED) is 0.0450. The van der Waals surface area contributed by atoms with E-state index in [0.29, 0.717) is 0 Å². The van der Waals surface area contributed by atoms with Crippen LogP contribution in [0.1, 0.15) is 259 Å². The Morgan fingerprint density at radius 3 is 0.522 bits per heavy atom. The highest BCUT2D eigenvalue weighted by molar-refractivity contribution is 4.55. The topological polar surface area (TPSA) is 0 Å². The highest BCUT2D eigenvalue weighted by Gasteiger charge is 2.23. The summed E-state index contributed by atoms with van der Waals surface area (Å²) in [4.78, 5) is 0. The molecule has 0 bridgehead atoms. The van der Waals surface area contributed by atoms with Crippen molar-refractivity contribution in [1.82, 2.24) is 0 Å². The number of rotatable bonds is 40. The lowest BCUT2D eigenvalue weighted by Gasteiger charge is -2.38. The predicted molar refractivity (Wildman–Crippen MR) is 209 cm³/mol. The van der Waals surface area contributed by atoms with Crippen molar-refractivity contribution < 1.29 is 16.9 Å². The Kier molecular flexibility index (Phi) is 43.5. The zero-order chi connectivity index (χ0) is 32.8. The van der Waals surface area contributed by atoms with Gasteiger partial charge in [-0.05, 0) is 45.4 Å². The van der Waals surface area contributed by atoms with Crippen LogP contribution in [0, 0.1) is 0 Å². The second kappa shape index (κ2) is 41.4. The monoisotopic (exact) mass is 670 g/mol. The van der Waals surface area contributed by atoms with Crippen LogP contribution in [0.3, 0.4) is 0 Å². The third-order valence-corrected chi connectivity index (χ3v) is 11.1. The van der Waals surface area contributed by atoms with Crippen LogP contribution in [0.5, 0.6) is 0 Å². The van der Waals surface area contributed by atoms with Gasteiger partial charge in [0.1, 0.15) is 0 Å². The van der Waals surface area contributed by atoms with E-state index in [4.69, 9.17) is 0 Å². The maximum absolute atomic E-state index is 2.52. The van der Waals surface area contributed by atoms with Gasteiger partial charge in [-0.1, -0.05) is 213 Å². The van der Waals surface area contributed by atoms with E-state index in [1.54, 1.807) is 0 Å². The van der Waals surface area contributed by atoms with Gasteiger partial charge in [0.25, 0.3) is 0 Å². The van der Waals surface area contributed by atoms with Crippen molar-refractivity contribution in [2.75, 3.05) is 26.2 Å².